The van der Waals surface area contributed by atoms with Crippen molar-refractivity contribution in [3.63, 3.8) is 0 Å². The maximum atomic E-state index is 12.6. The molecule has 9 heteroatoms. The van der Waals surface area contributed by atoms with Gasteiger partial charge in [-0.15, -0.1) is 0 Å². The molecular formula is C16H24N4O4S. The molecule has 3 rings (SSSR count). The largest absolute Gasteiger partial charge is 0.468 e. The lowest BCUT2D eigenvalue weighted by Crippen LogP contribution is -2.51. The number of ether oxygens (including phenoxy) is 1. The molecule has 8 nitrogen and oxygen atoms in total. The van der Waals surface area contributed by atoms with Crippen LogP contribution in [0.25, 0.3) is 0 Å². The van der Waals surface area contributed by atoms with Gasteiger partial charge in [-0.05, 0) is 12.1 Å². The summed E-state index contributed by atoms with van der Waals surface area (Å²) in [7, 11) is -2.05. The van der Waals surface area contributed by atoms with Gasteiger partial charge in [-0.2, -0.15) is 4.31 Å². The number of methoxy groups -OCH3 is 1. The molecule has 2 atom stereocenters. The minimum absolute atomic E-state index is 0.102. The first-order chi connectivity index (χ1) is 12.0. The Morgan fingerprint density at radius 2 is 1.88 bits per heavy atom. The van der Waals surface area contributed by atoms with Crippen LogP contribution in [0.15, 0.2) is 35.2 Å². The van der Waals surface area contributed by atoms with E-state index in [4.69, 9.17) is 4.74 Å². The first-order valence-electron chi connectivity index (χ1n) is 8.36. The van der Waals surface area contributed by atoms with Crippen LogP contribution in [0.2, 0.25) is 0 Å². The van der Waals surface area contributed by atoms with E-state index in [1.807, 2.05) is 0 Å². The van der Waals surface area contributed by atoms with Gasteiger partial charge in [0, 0.05) is 45.2 Å². The minimum atomic E-state index is -3.43. The van der Waals surface area contributed by atoms with Crippen LogP contribution in [0.1, 0.15) is 0 Å². The van der Waals surface area contributed by atoms with E-state index in [0.29, 0.717) is 37.6 Å². The molecule has 2 fully saturated rings. The molecule has 0 bridgehead atoms. The molecule has 1 aromatic carbocycles. The summed E-state index contributed by atoms with van der Waals surface area (Å²) in [6, 6.07) is 8.15. The Kier molecular flexibility index (Phi) is 5.70. The summed E-state index contributed by atoms with van der Waals surface area (Å²) >= 11 is 0. The molecule has 2 aliphatic heterocycles. The van der Waals surface area contributed by atoms with E-state index in [0.717, 1.165) is 6.54 Å². The first-order valence-corrected chi connectivity index (χ1v) is 9.80. The quantitative estimate of drug-likeness (QED) is 0.662. The predicted molar refractivity (Wildman–Crippen MR) is 92.1 cm³/mol. The number of hydrogen-bond donors (Lipinski definition) is 2. The van der Waals surface area contributed by atoms with Crippen molar-refractivity contribution in [1.82, 2.24) is 20.1 Å². The number of nitrogens with one attached hydrogen (secondary N) is 2. The van der Waals surface area contributed by atoms with Crippen LogP contribution in [0.3, 0.4) is 0 Å². The molecule has 2 aliphatic rings. The van der Waals surface area contributed by atoms with E-state index in [1.165, 1.54) is 11.4 Å². The van der Waals surface area contributed by atoms with Gasteiger partial charge in [0.15, 0.2) is 0 Å². The van der Waals surface area contributed by atoms with E-state index in [9.17, 15) is 13.2 Å². The number of benzene rings is 1. The summed E-state index contributed by atoms with van der Waals surface area (Å²) in [6.07, 6.45) is 0. The Hall–Kier alpha value is -1.52. The SMILES string of the molecule is COC(=O)C1NNCC1CN1CCN(S(=O)(=O)c2ccccc2)CC1. The molecule has 138 valence electrons. The Bertz CT molecular complexity index is 689. The van der Waals surface area contributed by atoms with Gasteiger partial charge in [-0.1, -0.05) is 18.2 Å². The summed E-state index contributed by atoms with van der Waals surface area (Å²) in [4.78, 5) is 14.3. The van der Waals surface area contributed by atoms with Crippen molar-refractivity contribution in [1.29, 1.82) is 0 Å². The fourth-order valence-electron chi connectivity index (χ4n) is 3.31. The number of piperazine rings is 1. The molecule has 2 N–H and O–H groups in total. The zero-order chi connectivity index (χ0) is 17.9. The van der Waals surface area contributed by atoms with Gasteiger partial charge in [0.2, 0.25) is 10.0 Å². The van der Waals surface area contributed by atoms with E-state index in [1.54, 1.807) is 30.3 Å². The normalized spacial score (nSPS) is 25.8. The van der Waals surface area contributed by atoms with Crippen molar-refractivity contribution in [3.8, 4) is 0 Å². The first kappa shape index (κ1) is 18.3. The molecule has 0 radical (unpaired) electrons. The lowest BCUT2D eigenvalue weighted by molar-refractivity contribution is -0.144. The Labute approximate surface area is 148 Å². The predicted octanol–water partition coefficient (Wildman–Crippen LogP) is -0.741. The molecule has 0 amide bonds. The van der Waals surface area contributed by atoms with Gasteiger partial charge in [0.1, 0.15) is 6.04 Å². The second-order valence-electron chi connectivity index (χ2n) is 6.30. The van der Waals surface area contributed by atoms with E-state index in [2.05, 4.69) is 15.8 Å². The zero-order valence-electron chi connectivity index (χ0n) is 14.2. The smallest absolute Gasteiger partial charge is 0.324 e. The van der Waals surface area contributed by atoms with Crippen molar-refractivity contribution < 1.29 is 17.9 Å². The fourth-order valence-corrected chi connectivity index (χ4v) is 4.75. The van der Waals surface area contributed by atoms with E-state index in [-0.39, 0.29) is 17.9 Å². The average Bonchev–Trinajstić information content (AvgIpc) is 3.10. The van der Waals surface area contributed by atoms with Gasteiger partial charge in [0.05, 0.1) is 12.0 Å². The van der Waals surface area contributed by atoms with Crippen LogP contribution >= 0.6 is 0 Å². The lowest BCUT2D eigenvalue weighted by Gasteiger charge is -2.35. The molecule has 0 aromatic heterocycles. The van der Waals surface area contributed by atoms with Crippen LogP contribution in [-0.2, 0) is 19.6 Å². The summed E-state index contributed by atoms with van der Waals surface area (Å²) in [5.74, 6) is -0.176. The molecule has 25 heavy (non-hydrogen) atoms. The minimum Gasteiger partial charge on any atom is -0.468 e. The second-order valence-corrected chi connectivity index (χ2v) is 8.24. The molecule has 2 saturated heterocycles. The van der Waals surface area contributed by atoms with Gasteiger partial charge in [0.25, 0.3) is 0 Å². The Balaban J connectivity index is 1.56. The molecular weight excluding hydrogens is 344 g/mol. The van der Waals surface area contributed by atoms with Crippen LogP contribution in [0, 0.1) is 5.92 Å². The maximum absolute atomic E-state index is 12.6. The molecule has 0 saturated carbocycles. The highest BCUT2D eigenvalue weighted by Gasteiger charge is 2.36. The van der Waals surface area contributed by atoms with Crippen molar-refractivity contribution in [3.05, 3.63) is 30.3 Å². The van der Waals surface area contributed by atoms with Crippen LogP contribution in [0.5, 0.6) is 0 Å². The summed E-state index contributed by atoms with van der Waals surface area (Å²) in [5.41, 5.74) is 5.94. The Morgan fingerprint density at radius 3 is 2.52 bits per heavy atom. The van der Waals surface area contributed by atoms with Crippen molar-refractivity contribution >= 4 is 16.0 Å². The number of carbonyl (C=O) groups is 1. The Morgan fingerprint density at radius 1 is 1.20 bits per heavy atom. The van der Waals surface area contributed by atoms with Crippen molar-refractivity contribution in [2.24, 2.45) is 5.92 Å². The number of esters is 1. The number of rotatable bonds is 5. The molecule has 2 unspecified atom stereocenters. The van der Waals surface area contributed by atoms with E-state index < -0.39 is 10.0 Å². The standard InChI is InChI=1S/C16H24N4O4S/c1-24-16(21)15-13(11-17-18-15)12-19-7-9-20(10-8-19)25(22,23)14-5-3-2-4-6-14/h2-6,13,15,17-18H,7-12H2,1H3. The number of carbonyl (C=O) groups excluding carboxylic acids is 1. The van der Waals surface area contributed by atoms with Crippen LogP contribution < -0.4 is 10.9 Å². The van der Waals surface area contributed by atoms with Gasteiger partial charge >= 0.3 is 5.97 Å². The number of hydrogen-bond acceptors (Lipinski definition) is 7. The van der Waals surface area contributed by atoms with Gasteiger partial charge < -0.3 is 9.64 Å². The fraction of sp³-hybridized carbons (Fsp3) is 0.562. The van der Waals surface area contributed by atoms with Gasteiger partial charge in [-0.25, -0.2) is 13.8 Å². The lowest BCUT2D eigenvalue weighted by atomic mass is 10.0. The zero-order valence-corrected chi connectivity index (χ0v) is 15.0. The number of nitrogens with zero attached hydrogens (tertiary/aromatic N) is 2. The monoisotopic (exact) mass is 368 g/mol. The average molecular weight is 368 g/mol. The highest BCUT2D eigenvalue weighted by atomic mass is 32.2. The van der Waals surface area contributed by atoms with E-state index >= 15 is 0 Å². The highest BCUT2D eigenvalue weighted by Crippen LogP contribution is 2.19. The molecule has 0 aliphatic carbocycles. The topological polar surface area (TPSA) is 91.0 Å². The maximum Gasteiger partial charge on any atom is 0.324 e. The second kappa shape index (κ2) is 7.79. The third-order valence-corrected chi connectivity index (χ3v) is 6.67. The van der Waals surface area contributed by atoms with Crippen LogP contribution in [-0.4, -0.2) is 76.0 Å². The number of sulfonamides is 1. The third kappa shape index (κ3) is 4.01. The number of hydrazine groups is 1. The molecule has 2 heterocycles. The molecule has 1 aromatic rings. The highest BCUT2D eigenvalue weighted by molar-refractivity contribution is 7.89. The summed E-state index contributed by atoms with van der Waals surface area (Å²) in [5, 5.41) is 0. The van der Waals surface area contributed by atoms with Crippen molar-refractivity contribution in [2.75, 3.05) is 46.4 Å². The van der Waals surface area contributed by atoms with Crippen molar-refractivity contribution in [2.45, 2.75) is 10.9 Å². The van der Waals surface area contributed by atoms with Gasteiger partial charge in [-0.3, -0.25) is 10.2 Å². The summed E-state index contributed by atoms with van der Waals surface area (Å²) < 4.78 is 31.6. The van der Waals surface area contributed by atoms with Crippen LogP contribution in [0.4, 0.5) is 0 Å². The summed E-state index contributed by atoms with van der Waals surface area (Å²) in [6.45, 7) is 3.61. The third-order valence-electron chi connectivity index (χ3n) is 4.75. The molecule has 0 spiro atoms.